The van der Waals surface area contributed by atoms with Crippen LogP contribution in [0.5, 0.6) is 0 Å². The van der Waals surface area contributed by atoms with Crippen molar-refractivity contribution in [1.82, 2.24) is 0 Å². The monoisotopic (exact) mass is 461 g/mol. The molecule has 9 heteroatoms. The number of carbonyl (C=O) groups is 3. The van der Waals surface area contributed by atoms with Crippen molar-refractivity contribution < 1.29 is 33.5 Å². The van der Waals surface area contributed by atoms with Crippen LogP contribution in [-0.2, 0) is 28.6 Å². The van der Waals surface area contributed by atoms with E-state index in [9.17, 15) is 24.5 Å². The van der Waals surface area contributed by atoms with E-state index in [1.165, 1.54) is 0 Å². The van der Waals surface area contributed by atoms with Crippen LogP contribution < -0.4 is 0 Å². The zero-order chi connectivity index (χ0) is 24.7. The number of nitro groups is 1. The van der Waals surface area contributed by atoms with Crippen LogP contribution in [-0.4, -0.2) is 45.2 Å². The van der Waals surface area contributed by atoms with Crippen LogP contribution in [0.25, 0.3) is 0 Å². The quantitative estimate of drug-likeness (QED) is 0.193. The third-order valence-electron chi connectivity index (χ3n) is 4.03. The lowest BCUT2D eigenvalue weighted by Crippen LogP contribution is -2.41. The van der Waals surface area contributed by atoms with Gasteiger partial charge < -0.3 is 14.2 Å². The minimum atomic E-state index is -1.66. The summed E-state index contributed by atoms with van der Waals surface area (Å²) in [7, 11) is 0. The Kier molecular flexibility index (Phi) is 12.2. The Labute approximate surface area is 192 Å². The van der Waals surface area contributed by atoms with Crippen LogP contribution >= 0.6 is 0 Å². The number of ether oxygens (including phenoxy) is 3. The first-order chi connectivity index (χ1) is 13.7. The highest BCUT2D eigenvalue weighted by Crippen LogP contribution is 2.31. The van der Waals surface area contributed by atoms with E-state index in [0.29, 0.717) is 0 Å². The normalized spacial score (nSPS) is 12.4. The van der Waals surface area contributed by atoms with Gasteiger partial charge in [0.1, 0.15) is 16.8 Å². The molecule has 0 unspecified atom stereocenters. The standard InChI is InChI=1S/C22H39NO8.CH4/c1-19(2,3)29-16(24)10-13-22(23(27)28,14-11-17(25)30-20(4,5)6)15-12-18(26)31-21(7,8)9;/h10-15H2,1-9H3;1H4. The van der Waals surface area contributed by atoms with Crippen LogP contribution in [0.3, 0.4) is 0 Å². The van der Waals surface area contributed by atoms with Crippen molar-refractivity contribution in [2.24, 2.45) is 0 Å². The number of carbonyl (C=O) groups excluding carboxylic acids is 3. The fourth-order valence-electron chi connectivity index (χ4n) is 2.83. The third-order valence-corrected chi connectivity index (χ3v) is 4.03. The molecule has 0 heterocycles. The molecular weight excluding hydrogens is 418 g/mol. The lowest BCUT2D eigenvalue weighted by Gasteiger charge is -2.27. The van der Waals surface area contributed by atoms with Gasteiger partial charge in [0.2, 0.25) is 5.54 Å². The van der Waals surface area contributed by atoms with Crippen LogP contribution in [0.4, 0.5) is 0 Å². The highest BCUT2D eigenvalue weighted by atomic mass is 16.6. The van der Waals surface area contributed by atoms with E-state index in [-0.39, 0.29) is 46.0 Å². The molecule has 0 radical (unpaired) electrons. The fourth-order valence-corrected chi connectivity index (χ4v) is 2.83. The Morgan fingerprint density at radius 2 is 0.844 bits per heavy atom. The Balaban J connectivity index is 0. The summed E-state index contributed by atoms with van der Waals surface area (Å²) in [6.45, 7) is 15.3. The lowest BCUT2D eigenvalue weighted by atomic mass is 9.84. The van der Waals surface area contributed by atoms with Gasteiger partial charge in [-0.15, -0.1) is 0 Å². The van der Waals surface area contributed by atoms with E-state index < -0.39 is 45.2 Å². The van der Waals surface area contributed by atoms with Crippen molar-refractivity contribution in [3.8, 4) is 0 Å². The molecule has 188 valence electrons. The van der Waals surface area contributed by atoms with Gasteiger partial charge in [-0.1, -0.05) is 7.43 Å². The number of esters is 3. The average Bonchev–Trinajstić information content (AvgIpc) is 2.49. The maximum Gasteiger partial charge on any atom is 0.306 e. The minimum absolute atomic E-state index is 0. The van der Waals surface area contributed by atoms with Crippen molar-refractivity contribution in [3.63, 3.8) is 0 Å². The summed E-state index contributed by atoms with van der Waals surface area (Å²) in [5, 5.41) is 12.1. The molecular formula is C23H43NO8. The van der Waals surface area contributed by atoms with Crippen molar-refractivity contribution in [2.45, 2.75) is 131 Å². The van der Waals surface area contributed by atoms with Gasteiger partial charge >= 0.3 is 17.9 Å². The van der Waals surface area contributed by atoms with E-state index in [1.54, 1.807) is 62.3 Å². The highest BCUT2D eigenvalue weighted by molar-refractivity contribution is 5.71. The summed E-state index contributed by atoms with van der Waals surface area (Å²) in [6.07, 6.45) is -1.12. The Morgan fingerprint density at radius 3 is 1.00 bits per heavy atom. The predicted molar refractivity (Wildman–Crippen MR) is 122 cm³/mol. The number of nitrogens with zero attached hydrogens (tertiary/aromatic N) is 1. The molecule has 0 atom stereocenters. The molecule has 9 nitrogen and oxygen atoms in total. The largest absolute Gasteiger partial charge is 0.460 e. The van der Waals surface area contributed by atoms with E-state index >= 15 is 0 Å². The van der Waals surface area contributed by atoms with E-state index in [1.807, 2.05) is 0 Å². The Bertz CT molecular complexity index is 572. The van der Waals surface area contributed by atoms with Gasteiger partial charge in [0.15, 0.2) is 0 Å². The summed E-state index contributed by atoms with van der Waals surface area (Å²) in [4.78, 5) is 48.0. The average molecular weight is 462 g/mol. The molecule has 0 spiro atoms. The van der Waals surface area contributed by atoms with Crippen molar-refractivity contribution >= 4 is 17.9 Å². The Morgan fingerprint density at radius 1 is 0.625 bits per heavy atom. The summed E-state index contributed by atoms with van der Waals surface area (Å²) in [5.41, 5.74) is -3.82. The van der Waals surface area contributed by atoms with Gasteiger partial charge in [0.25, 0.3) is 0 Å². The lowest BCUT2D eigenvalue weighted by molar-refractivity contribution is -0.573. The van der Waals surface area contributed by atoms with Crippen LogP contribution in [0.2, 0.25) is 0 Å². The third kappa shape index (κ3) is 14.8. The predicted octanol–water partition coefficient (Wildman–Crippen LogP) is 5.00. The Hall–Kier alpha value is -2.19. The van der Waals surface area contributed by atoms with Gasteiger partial charge in [0.05, 0.1) is 19.3 Å². The molecule has 0 aliphatic carbocycles. The molecule has 0 fully saturated rings. The molecule has 0 rings (SSSR count). The topological polar surface area (TPSA) is 122 Å². The fraction of sp³-hybridized carbons (Fsp3) is 0.870. The summed E-state index contributed by atoms with van der Waals surface area (Å²) in [5.74, 6) is -1.73. The van der Waals surface area contributed by atoms with E-state index in [4.69, 9.17) is 14.2 Å². The SMILES string of the molecule is C.CC(C)(C)OC(=O)CCC(CCC(=O)OC(C)(C)C)(CCC(=O)OC(C)(C)C)[N+](=O)[O-]. The zero-order valence-corrected chi connectivity index (χ0v) is 20.5. The summed E-state index contributed by atoms with van der Waals surface area (Å²) >= 11 is 0. The van der Waals surface area contributed by atoms with Gasteiger partial charge in [-0.2, -0.15) is 0 Å². The van der Waals surface area contributed by atoms with E-state index in [0.717, 1.165) is 0 Å². The molecule has 32 heavy (non-hydrogen) atoms. The number of hydrogen-bond donors (Lipinski definition) is 0. The molecule has 0 aromatic carbocycles. The maximum absolute atomic E-state index is 12.2. The van der Waals surface area contributed by atoms with Crippen molar-refractivity contribution in [3.05, 3.63) is 10.1 Å². The highest BCUT2D eigenvalue weighted by Gasteiger charge is 2.44. The van der Waals surface area contributed by atoms with Gasteiger partial charge in [-0.05, 0) is 62.3 Å². The molecule has 0 amide bonds. The molecule has 0 aromatic heterocycles. The first kappa shape index (κ1) is 32.0. The first-order valence-electron chi connectivity index (χ1n) is 10.5. The zero-order valence-electron chi connectivity index (χ0n) is 20.5. The van der Waals surface area contributed by atoms with Gasteiger partial charge in [0, 0.05) is 24.2 Å². The second-order valence-corrected chi connectivity index (χ2v) is 10.7. The molecule has 0 saturated carbocycles. The van der Waals surface area contributed by atoms with Gasteiger partial charge in [-0.3, -0.25) is 24.5 Å². The van der Waals surface area contributed by atoms with Crippen molar-refractivity contribution in [2.75, 3.05) is 0 Å². The second kappa shape index (κ2) is 12.2. The van der Waals surface area contributed by atoms with Crippen LogP contribution in [0.1, 0.15) is 108 Å². The van der Waals surface area contributed by atoms with Gasteiger partial charge in [-0.25, -0.2) is 0 Å². The second-order valence-electron chi connectivity index (χ2n) is 10.7. The van der Waals surface area contributed by atoms with E-state index in [2.05, 4.69) is 0 Å². The van der Waals surface area contributed by atoms with Crippen LogP contribution in [0.15, 0.2) is 0 Å². The maximum atomic E-state index is 12.2. The molecule has 0 saturated heterocycles. The minimum Gasteiger partial charge on any atom is -0.460 e. The molecule has 0 aliphatic rings. The number of hydrogen-bond acceptors (Lipinski definition) is 8. The molecule has 0 bridgehead atoms. The molecule has 0 aromatic rings. The van der Waals surface area contributed by atoms with Crippen molar-refractivity contribution in [1.29, 1.82) is 0 Å². The smallest absolute Gasteiger partial charge is 0.306 e. The molecule has 0 aliphatic heterocycles. The first-order valence-corrected chi connectivity index (χ1v) is 10.5. The van der Waals surface area contributed by atoms with Crippen LogP contribution in [0, 0.1) is 10.1 Å². The molecule has 0 N–H and O–H groups in total. The summed E-state index contributed by atoms with van der Waals surface area (Å²) in [6, 6.07) is 0. The summed E-state index contributed by atoms with van der Waals surface area (Å²) < 4.78 is 15.8. The number of rotatable bonds is 10.